The second-order valence-electron chi connectivity index (χ2n) is 6.74. The van der Waals surface area contributed by atoms with Gasteiger partial charge in [-0.25, -0.2) is 0 Å². The van der Waals surface area contributed by atoms with Crippen LogP contribution in [0.15, 0.2) is 24.3 Å². The molecular formula is C18H23NO2. The van der Waals surface area contributed by atoms with Gasteiger partial charge < -0.3 is 10.1 Å². The molecule has 1 saturated carbocycles. The van der Waals surface area contributed by atoms with Gasteiger partial charge >= 0.3 is 0 Å². The molecule has 3 aliphatic rings. The van der Waals surface area contributed by atoms with Crippen LogP contribution in [-0.4, -0.2) is 30.6 Å². The van der Waals surface area contributed by atoms with Crippen molar-refractivity contribution >= 4 is 5.78 Å². The highest BCUT2D eigenvalue weighted by molar-refractivity contribution is 5.82. The Morgan fingerprint density at radius 1 is 1.33 bits per heavy atom. The number of rotatable bonds is 2. The monoisotopic (exact) mass is 285 g/mol. The van der Waals surface area contributed by atoms with E-state index in [1.807, 2.05) is 0 Å². The van der Waals surface area contributed by atoms with Crippen LogP contribution in [0.1, 0.15) is 43.7 Å². The lowest BCUT2D eigenvalue weighted by Crippen LogP contribution is -2.73. The molecule has 1 heterocycles. The summed E-state index contributed by atoms with van der Waals surface area (Å²) in [5.74, 6) is 0.405. The van der Waals surface area contributed by atoms with Gasteiger partial charge in [0.1, 0.15) is 5.78 Å². The fraction of sp³-hybridized carbons (Fsp3) is 0.611. The minimum Gasteiger partial charge on any atom is -0.373 e. The van der Waals surface area contributed by atoms with Crippen LogP contribution in [0.2, 0.25) is 0 Å². The maximum atomic E-state index is 12.3. The van der Waals surface area contributed by atoms with Crippen molar-refractivity contribution in [1.82, 2.24) is 5.32 Å². The second-order valence-corrected chi connectivity index (χ2v) is 6.74. The molecule has 0 radical (unpaired) electrons. The van der Waals surface area contributed by atoms with E-state index in [-0.39, 0.29) is 11.0 Å². The smallest absolute Gasteiger partial charge is 0.134 e. The highest BCUT2D eigenvalue weighted by Gasteiger charge is 2.64. The minimum atomic E-state index is -0.192. The molecule has 0 spiro atoms. The van der Waals surface area contributed by atoms with Crippen LogP contribution in [0.5, 0.6) is 0 Å². The molecule has 1 saturated heterocycles. The van der Waals surface area contributed by atoms with Gasteiger partial charge in [-0.1, -0.05) is 24.3 Å². The molecular weight excluding hydrogens is 262 g/mol. The second kappa shape index (κ2) is 4.65. The van der Waals surface area contributed by atoms with Crippen LogP contribution in [0, 0.1) is 0 Å². The van der Waals surface area contributed by atoms with Gasteiger partial charge in [0.15, 0.2) is 0 Å². The molecule has 1 aromatic carbocycles. The number of hydrogen-bond acceptors (Lipinski definition) is 3. The number of benzene rings is 1. The van der Waals surface area contributed by atoms with Gasteiger partial charge in [-0.15, -0.1) is 0 Å². The average Bonchev–Trinajstić information content (AvgIpc) is 2.48. The van der Waals surface area contributed by atoms with Crippen LogP contribution in [0.3, 0.4) is 0 Å². The Balaban J connectivity index is 1.95. The van der Waals surface area contributed by atoms with E-state index in [0.717, 1.165) is 32.4 Å². The van der Waals surface area contributed by atoms with Crippen LogP contribution < -0.4 is 5.32 Å². The summed E-state index contributed by atoms with van der Waals surface area (Å²) in [5.41, 5.74) is 2.48. The lowest BCUT2D eigenvalue weighted by Gasteiger charge is -2.62. The Morgan fingerprint density at radius 2 is 2.19 bits per heavy atom. The summed E-state index contributed by atoms with van der Waals surface area (Å²) in [6, 6.07) is 9.04. The highest BCUT2D eigenvalue weighted by Crippen LogP contribution is 2.57. The number of carbonyl (C=O) groups excluding carboxylic acids is 1. The number of piperidine rings is 1. The number of ether oxygens (including phenoxy) is 1. The van der Waals surface area contributed by atoms with Gasteiger partial charge in [0.05, 0.1) is 5.60 Å². The van der Waals surface area contributed by atoms with E-state index >= 15 is 0 Å². The first kappa shape index (κ1) is 13.5. The SMILES string of the molecule is CCO[C@@]12CCC(=O)C[C@@]13CCN[C@@H]2Cc1ccccc13. The third-order valence-corrected chi connectivity index (χ3v) is 5.95. The first-order chi connectivity index (χ1) is 10.2. The zero-order valence-electron chi connectivity index (χ0n) is 12.7. The maximum Gasteiger partial charge on any atom is 0.134 e. The molecule has 2 aliphatic carbocycles. The Labute approximate surface area is 126 Å². The summed E-state index contributed by atoms with van der Waals surface area (Å²) in [7, 11) is 0. The highest BCUT2D eigenvalue weighted by atomic mass is 16.5. The van der Waals surface area contributed by atoms with Crippen LogP contribution >= 0.6 is 0 Å². The lowest BCUT2D eigenvalue weighted by molar-refractivity contribution is -0.171. The molecule has 112 valence electrons. The van der Waals surface area contributed by atoms with Gasteiger partial charge in [-0.3, -0.25) is 4.79 Å². The van der Waals surface area contributed by atoms with E-state index < -0.39 is 0 Å². The quantitative estimate of drug-likeness (QED) is 0.906. The number of Topliss-reactive ketones (excluding diaryl/α,β-unsaturated/α-hetero) is 1. The van der Waals surface area contributed by atoms with Crippen molar-refractivity contribution in [2.24, 2.45) is 0 Å². The molecule has 1 N–H and O–H groups in total. The summed E-state index contributed by atoms with van der Waals surface area (Å²) in [6.07, 6.45) is 4.22. The number of fused-ring (bicyclic) bond motifs is 1. The van der Waals surface area contributed by atoms with Crippen molar-refractivity contribution in [2.45, 2.75) is 56.1 Å². The van der Waals surface area contributed by atoms with Gasteiger partial charge in [-0.2, -0.15) is 0 Å². The predicted octanol–water partition coefficient (Wildman–Crippen LogP) is 2.37. The first-order valence-corrected chi connectivity index (χ1v) is 8.19. The molecule has 0 aromatic heterocycles. The van der Waals surface area contributed by atoms with Gasteiger partial charge in [0, 0.05) is 30.9 Å². The molecule has 3 nitrogen and oxygen atoms in total. The number of hydrogen-bond donors (Lipinski definition) is 1. The zero-order chi connectivity index (χ0) is 14.5. The molecule has 1 aliphatic heterocycles. The van der Waals surface area contributed by atoms with Crippen molar-refractivity contribution in [1.29, 1.82) is 0 Å². The summed E-state index contributed by atoms with van der Waals surface area (Å²) in [5, 5.41) is 3.69. The Kier molecular flexibility index (Phi) is 2.98. The largest absolute Gasteiger partial charge is 0.373 e. The van der Waals surface area contributed by atoms with E-state index in [1.54, 1.807) is 0 Å². The van der Waals surface area contributed by atoms with E-state index in [2.05, 4.69) is 36.5 Å². The summed E-state index contributed by atoms with van der Waals surface area (Å²) in [4.78, 5) is 12.3. The van der Waals surface area contributed by atoms with E-state index in [9.17, 15) is 4.79 Å². The summed E-state index contributed by atoms with van der Waals surface area (Å²) in [6.45, 7) is 3.78. The van der Waals surface area contributed by atoms with Crippen LogP contribution in [0.4, 0.5) is 0 Å². The number of carbonyl (C=O) groups is 1. The van der Waals surface area contributed by atoms with Gasteiger partial charge in [0.2, 0.25) is 0 Å². The zero-order valence-corrected chi connectivity index (χ0v) is 12.7. The lowest BCUT2D eigenvalue weighted by atomic mass is 9.49. The van der Waals surface area contributed by atoms with E-state index in [4.69, 9.17) is 4.74 Å². The summed E-state index contributed by atoms with van der Waals surface area (Å²) >= 11 is 0. The van der Waals surface area contributed by atoms with Gasteiger partial charge in [-0.05, 0) is 43.9 Å². The normalized spacial score (nSPS) is 37.8. The topological polar surface area (TPSA) is 38.3 Å². The Hall–Kier alpha value is -1.19. The van der Waals surface area contributed by atoms with E-state index in [1.165, 1.54) is 11.1 Å². The first-order valence-electron chi connectivity index (χ1n) is 8.19. The number of nitrogens with one attached hydrogen (secondary N) is 1. The third kappa shape index (κ3) is 1.65. The third-order valence-electron chi connectivity index (χ3n) is 5.95. The minimum absolute atomic E-state index is 0.108. The van der Waals surface area contributed by atoms with Gasteiger partial charge in [0.25, 0.3) is 0 Å². The summed E-state index contributed by atoms with van der Waals surface area (Å²) < 4.78 is 6.42. The Morgan fingerprint density at radius 3 is 3.05 bits per heavy atom. The average molecular weight is 285 g/mol. The molecule has 2 bridgehead atoms. The molecule has 1 aromatic rings. The molecule has 0 unspecified atom stereocenters. The molecule has 0 amide bonds. The van der Waals surface area contributed by atoms with Crippen molar-refractivity contribution < 1.29 is 9.53 Å². The van der Waals surface area contributed by atoms with Crippen molar-refractivity contribution in [2.75, 3.05) is 13.2 Å². The van der Waals surface area contributed by atoms with Crippen LogP contribution in [0.25, 0.3) is 0 Å². The fourth-order valence-corrected chi connectivity index (χ4v) is 5.22. The molecule has 3 heteroatoms. The molecule has 2 fully saturated rings. The predicted molar refractivity (Wildman–Crippen MR) is 81.4 cm³/mol. The standard InChI is InChI=1S/C18H23NO2/c1-2-21-18-8-7-14(20)12-17(18)9-10-19-16(18)11-13-5-3-4-6-15(13)17/h3-6,16,19H,2,7-12H2,1H3/t16-,17-,18-/m1/s1. The Bertz CT molecular complexity index is 584. The molecule has 3 atom stereocenters. The maximum absolute atomic E-state index is 12.3. The van der Waals surface area contributed by atoms with E-state index in [0.29, 0.717) is 24.7 Å². The molecule has 4 rings (SSSR count). The van der Waals surface area contributed by atoms with Crippen LogP contribution in [-0.2, 0) is 21.4 Å². The van der Waals surface area contributed by atoms with Crippen molar-refractivity contribution in [3.63, 3.8) is 0 Å². The molecule has 21 heavy (non-hydrogen) atoms. The van der Waals surface area contributed by atoms with Crippen molar-refractivity contribution in [3.8, 4) is 0 Å². The number of ketones is 1. The fourth-order valence-electron chi connectivity index (χ4n) is 5.22. The van der Waals surface area contributed by atoms with Crippen molar-refractivity contribution in [3.05, 3.63) is 35.4 Å².